The fourth-order valence-electron chi connectivity index (χ4n) is 3.28. The van der Waals surface area contributed by atoms with E-state index in [1.807, 2.05) is 42.5 Å². The maximum atomic E-state index is 12.4. The number of benzene rings is 3. The lowest BCUT2D eigenvalue weighted by molar-refractivity contribution is -0.129. The Balaban J connectivity index is 1.77. The molecule has 4 rings (SSSR count). The molecule has 6 heteroatoms. The number of aliphatic imine (C=N–C) groups is 1. The van der Waals surface area contributed by atoms with E-state index < -0.39 is 5.97 Å². The quantitative estimate of drug-likeness (QED) is 0.483. The van der Waals surface area contributed by atoms with Crippen LogP contribution in [-0.2, 0) is 9.53 Å². The highest BCUT2D eigenvalue weighted by Gasteiger charge is 2.25. The molecule has 0 fully saturated rings. The fourth-order valence-corrected chi connectivity index (χ4v) is 3.28. The average molecular weight is 389 g/mol. The van der Waals surface area contributed by atoms with Gasteiger partial charge < -0.3 is 18.9 Å². The molecular weight excluding hydrogens is 370 g/mol. The van der Waals surface area contributed by atoms with E-state index in [0.717, 1.165) is 16.3 Å². The molecule has 0 bridgehead atoms. The van der Waals surface area contributed by atoms with Crippen LogP contribution in [0.3, 0.4) is 0 Å². The molecule has 29 heavy (non-hydrogen) atoms. The van der Waals surface area contributed by atoms with Crippen molar-refractivity contribution in [3.05, 3.63) is 71.4 Å². The van der Waals surface area contributed by atoms with E-state index in [2.05, 4.69) is 4.99 Å². The Morgan fingerprint density at radius 3 is 2.28 bits per heavy atom. The Morgan fingerprint density at radius 2 is 1.59 bits per heavy atom. The van der Waals surface area contributed by atoms with Crippen molar-refractivity contribution in [1.29, 1.82) is 0 Å². The van der Waals surface area contributed by atoms with Gasteiger partial charge in [-0.1, -0.05) is 36.4 Å². The lowest BCUT2D eigenvalue weighted by Gasteiger charge is -2.12. The van der Waals surface area contributed by atoms with Gasteiger partial charge in [0.25, 0.3) is 0 Å². The summed E-state index contributed by atoms with van der Waals surface area (Å²) in [6.07, 6.45) is 1.63. The maximum Gasteiger partial charge on any atom is 0.363 e. The molecule has 0 saturated heterocycles. The number of fused-ring (bicyclic) bond motifs is 1. The highest BCUT2D eigenvalue weighted by atomic mass is 16.6. The van der Waals surface area contributed by atoms with Crippen molar-refractivity contribution < 1.29 is 23.7 Å². The molecule has 6 nitrogen and oxygen atoms in total. The third-order valence-corrected chi connectivity index (χ3v) is 4.63. The second kappa shape index (κ2) is 7.67. The number of rotatable bonds is 5. The van der Waals surface area contributed by atoms with E-state index in [0.29, 0.717) is 22.8 Å². The van der Waals surface area contributed by atoms with E-state index in [1.165, 1.54) is 21.3 Å². The molecule has 0 atom stereocenters. The maximum absolute atomic E-state index is 12.4. The standard InChI is InChI=1S/C23H19NO5/c1-26-19-12-14(13-20(27-2)21(19)28-3)11-18-23(25)29-22(24-18)17-10-6-8-15-7-4-5-9-16(15)17/h4-13H,1-3H3/b18-11-. The first kappa shape index (κ1) is 18.6. The fraction of sp³-hybridized carbons (Fsp3) is 0.130. The molecule has 0 saturated carbocycles. The minimum atomic E-state index is -0.512. The topological polar surface area (TPSA) is 66.4 Å². The van der Waals surface area contributed by atoms with Crippen LogP contribution in [0.1, 0.15) is 11.1 Å². The van der Waals surface area contributed by atoms with Gasteiger partial charge in [-0.15, -0.1) is 0 Å². The van der Waals surface area contributed by atoms with Gasteiger partial charge in [-0.2, -0.15) is 0 Å². The van der Waals surface area contributed by atoms with Crippen LogP contribution in [0.2, 0.25) is 0 Å². The van der Waals surface area contributed by atoms with Crippen LogP contribution in [-0.4, -0.2) is 33.2 Å². The van der Waals surface area contributed by atoms with Crippen molar-refractivity contribution in [2.75, 3.05) is 21.3 Å². The van der Waals surface area contributed by atoms with Crippen LogP contribution in [0.15, 0.2) is 65.3 Å². The molecule has 0 aromatic heterocycles. The van der Waals surface area contributed by atoms with Crippen molar-refractivity contribution in [1.82, 2.24) is 0 Å². The SMILES string of the molecule is COc1cc(/C=C2\N=C(c3cccc4ccccc34)OC2=O)cc(OC)c1OC. The second-order valence-electron chi connectivity index (χ2n) is 6.32. The first-order valence-electron chi connectivity index (χ1n) is 8.95. The summed E-state index contributed by atoms with van der Waals surface area (Å²) >= 11 is 0. The zero-order valence-corrected chi connectivity index (χ0v) is 16.3. The Morgan fingerprint density at radius 1 is 0.897 bits per heavy atom. The minimum Gasteiger partial charge on any atom is -0.493 e. The van der Waals surface area contributed by atoms with Gasteiger partial charge in [-0.3, -0.25) is 0 Å². The number of carbonyl (C=O) groups is 1. The molecule has 0 radical (unpaired) electrons. The third-order valence-electron chi connectivity index (χ3n) is 4.63. The number of ether oxygens (including phenoxy) is 4. The summed E-state index contributed by atoms with van der Waals surface area (Å²) in [5.41, 5.74) is 1.64. The number of methoxy groups -OCH3 is 3. The molecule has 0 spiro atoms. The van der Waals surface area contributed by atoms with E-state index >= 15 is 0 Å². The number of hydrogen-bond acceptors (Lipinski definition) is 6. The van der Waals surface area contributed by atoms with Crippen LogP contribution in [0.25, 0.3) is 16.8 Å². The van der Waals surface area contributed by atoms with Crippen molar-refractivity contribution in [2.45, 2.75) is 0 Å². The molecule has 0 N–H and O–H groups in total. The van der Waals surface area contributed by atoms with Crippen LogP contribution >= 0.6 is 0 Å². The van der Waals surface area contributed by atoms with Crippen LogP contribution in [0.4, 0.5) is 0 Å². The monoisotopic (exact) mass is 389 g/mol. The summed E-state index contributed by atoms with van der Waals surface area (Å²) in [5.74, 6) is 1.23. The van der Waals surface area contributed by atoms with Gasteiger partial charge in [0.2, 0.25) is 11.6 Å². The molecule has 1 aliphatic rings. The van der Waals surface area contributed by atoms with Crippen LogP contribution < -0.4 is 14.2 Å². The van der Waals surface area contributed by atoms with Crippen molar-refractivity contribution in [3.8, 4) is 17.2 Å². The highest BCUT2D eigenvalue weighted by molar-refractivity contribution is 6.17. The van der Waals surface area contributed by atoms with Crippen molar-refractivity contribution in [3.63, 3.8) is 0 Å². The van der Waals surface area contributed by atoms with Gasteiger partial charge in [0.15, 0.2) is 17.2 Å². The molecule has 1 heterocycles. The van der Waals surface area contributed by atoms with Crippen LogP contribution in [0, 0.1) is 0 Å². The normalized spacial score (nSPS) is 14.7. The van der Waals surface area contributed by atoms with Crippen molar-refractivity contribution >= 4 is 28.7 Å². The second-order valence-corrected chi connectivity index (χ2v) is 6.32. The zero-order valence-electron chi connectivity index (χ0n) is 16.3. The summed E-state index contributed by atoms with van der Waals surface area (Å²) in [5, 5.41) is 2.02. The lowest BCUT2D eigenvalue weighted by Crippen LogP contribution is -2.05. The molecular formula is C23H19NO5. The number of nitrogens with zero attached hydrogens (tertiary/aromatic N) is 1. The van der Waals surface area contributed by atoms with Gasteiger partial charge in [0, 0.05) is 5.56 Å². The highest BCUT2D eigenvalue weighted by Crippen LogP contribution is 2.39. The predicted octanol–water partition coefficient (Wildman–Crippen LogP) is 4.21. The number of hydrogen-bond donors (Lipinski definition) is 0. The number of carbonyl (C=O) groups excluding carboxylic acids is 1. The van der Waals surface area contributed by atoms with Crippen molar-refractivity contribution in [2.24, 2.45) is 4.99 Å². The van der Waals surface area contributed by atoms with Gasteiger partial charge in [0.05, 0.1) is 21.3 Å². The van der Waals surface area contributed by atoms with Gasteiger partial charge in [-0.25, -0.2) is 9.79 Å². The summed E-state index contributed by atoms with van der Waals surface area (Å²) < 4.78 is 21.5. The zero-order chi connectivity index (χ0) is 20.4. The molecule has 3 aromatic carbocycles. The van der Waals surface area contributed by atoms with Gasteiger partial charge >= 0.3 is 5.97 Å². The summed E-state index contributed by atoms with van der Waals surface area (Å²) in [6, 6.07) is 17.2. The Hall–Kier alpha value is -3.80. The Bertz CT molecular complexity index is 1130. The average Bonchev–Trinajstić information content (AvgIpc) is 3.12. The third kappa shape index (κ3) is 3.40. The van der Waals surface area contributed by atoms with E-state index in [-0.39, 0.29) is 11.6 Å². The first-order valence-corrected chi connectivity index (χ1v) is 8.95. The summed E-state index contributed by atoms with van der Waals surface area (Å²) in [6.45, 7) is 0. The molecule has 146 valence electrons. The number of esters is 1. The molecule has 0 unspecified atom stereocenters. The summed E-state index contributed by atoms with van der Waals surface area (Å²) in [7, 11) is 4.61. The molecule has 3 aromatic rings. The first-order chi connectivity index (χ1) is 14.1. The predicted molar refractivity (Wildman–Crippen MR) is 111 cm³/mol. The smallest absolute Gasteiger partial charge is 0.363 e. The largest absolute Gasteiger partial charge is 0.493 e. The van der Waals surface area contributed by atoms with Crippen LogP contribution in [0.5, 0.6) is 17.2 Å². The van der Waals surface area contributed by atoms with Gasteiger partial charge in [-0.05, 0) is 40.6 Å². The van der Waals surface area contributed by atoms with E-state index in [4.69, 9.17) is 18.9 Å². The number of cyclic esters (lactones) is 1. The Kier molecular flexibility index (Phi) is 4.91. The van der Waals surface area contributed by atoms with E-state index in [9.17, 15) is 4.79 Å². The van der Waals surface area contributed by atoms with Gasteiger partial charge in [0.1, 0.15) is 0 Å². The molecule has 1 aliphatic heterocycles. The van der Waals surface area contributed by atoms with E-state index in [1.54, 1.807) is 18.2 Å². The Labute approximate surface area is 168 Å². The lowest BCUT2D eigenvalue weighted by atomic mass is 10.0. The minimum absolute atomic E-state index is 0.196. The summed E-state index contributed by atoms with van der Waals surface area (Å²) in [4.78, 5) is 16.9. The molecule has 0 amide bonds. The molecule has 0 aliphatic carbocycles.